The monoisotopic (exact) mass is 257 g/mol. The third kappa shape index (κ3) is 2.79. The third-order valence-electron chi connectivity index (χ3n) is 3.53. The molecule has 2 heterocycles. The molecule has 0 unspecified atom stereocenters. The van der Waals surface area contributed by atoms with E-state index in [0.717, 1.165) is 42.9 Å². The van der Waals surface area contributed by atoms with E-state index in [2.05, 4.69) is 15.3 Å². The molecule has 1 aliphatic heterocycles. The highest BCUT2D eigenvalue weighted by molar-refractivity contribution is 5.61. The molecule has 1 aliphatic rings. The topological polar surface area (TPSA) is 37.8 Å². The average molecular weight is 257 g/mol. The first kappa shape index (κ1) is 12.2. The first-order valence-corrected chi connectivity index (χ1v) is 6.61. The van der Waals surface area contributed by atoms with E-state index in [1.807, 2.05) is 6.07 Å². The van der Waals surface area contributed by atoms with Gasteiger partial charge in [0.05, 0.1) is 0 Å². The Morgan fingerprint density at radius 3 is 2.47 bits per heavy atom. The molecule has 0 aliphatic carbocycles. The SMILES string of the molecule is Fc1cccc(-c2cnc(C3CCNCC3)nc2)c1. The van der Waals surface area contributed by atoms with Crippen molar-refractivity contribution < 1.29 is 4.39 Å². The van der Waals surface area contributed by atoms with Crippen molar-refractivity contribution in [1.29, 1.82) is 0 Å². The van der Waals surface area contributed by atoms with E-state index < -0.39 is 0 Å². The second-order valence-corrected chi connectivity index (χ2v) is 4.86. The van der Waals surface area contributed by atoms with E-state index in [9.17, 15) is 4.39 Å². The standard InChI is InChI=1S/C15H16FN3/c16-14-3-1-2-12(8-14)13-9-18-15(19-10-13)11-4-6-17-7-5-11/h1-3,8-11,17H,4-7H2. The normalized spacial score (nSPS) is 16.5. The Bertz CT molecular complexity index is 548. The van der Waals surface area contributed by atoms with Gasteiger partial charge in [0.15, 0.2) is 0 Å². The van der Waals surface area contributed by atoms with Crippen molar-refractivity contribution in [2.75, 3.05) is 13.1 Å². The van der Waals surface area contributed by atoms with Gasteiger partial charge in [-0.1, -0.05) is 12.1 Å². The second-order valence-electron chi connectivity index (χ2n) is 4.86. The van der Waals surface area contributed by atoms with Gasteiger partial charge in [0, 0.05) is 23.9 Å². The van der Waals surface area contributed by atoms with Gasteiger partial charge in [-0.05, 0) is 43.6 Å². The number of hydrogen-bond acceptors (Lipinski definition) is 3. The van der Waals surface area contributed by atoms with Gasteiger partial charge in [-0.2, -0.15) is 0 Å². The fourth-order valence-electron chi connectivity index (χ4n) is 2.45. The molecule has 19 heavy (non-hydrogen) atoms. The van der Waals surface area contributed by atoms with E-state index in [0.29, 0.717) is 5.92 Å². The highest BCUT2D eigenvalue weighted by Crippen LogP contribution is 2.24. The minimum Gasteiger partial charge on any atom is -0.317 e. The van der Waals surface area contributed by atoms with Crippen LogP contribution in [0, 0.1) is 5.82 Å². The Labute approximate surface area is 111 Å². The van der Waals surface area contributed by atoms with Crippen molar-refractivity contribution in [2.45, 2.75) is 18.8 Å². The zero-order valence-corrected chi connectivity index (χ0v) is 10.6. The Hall–Kier alpha value is -1.81. The molecule has 3 nitrogen and oxygen atoms in total. The van der Waals surface area contributed by atoms with Crippen molar-refractivity contribution in [1.82, 2.24) is 15.3 Å². The van der Waals surface area contributed by atoms with E-state index >= 15 is 0 Å². The molecular weight excluding hydrogens is 241 g/mol. The summed E-state index contributed by atoms with van der Waals surface area (Å²) >= 11 is 0. The first-order chi connectivity index (χ1) is 9.33. The molecule has 1 saturated heterocycles. The maximum Gasteiger partial charge on any atom is 0.131 e. The molecule has 0 radical (unpaired) electrons. The lowest BCUT2D eigenvalue weighted by molar-refractivity contribution is 0.445. The van der Waals surface area contributed by atoms with Crippen LogP contribution >= 0.6 is 0 Å². The highest BCUT2D eigenvalue weighted by atomic mass is 19.1. The number of halogens is 1. The van der Waals surface area contributed by atoms with Crippen LogP contribution in [0.3, 0.4) is 0 Å². The Morgan fingerprint density at radius 2 is 1.79 bits per heavy atom. The predicted molar refractivity (Wildman–Crippen MR) is 72.3 cm³/mol. The Balaban J connectivity index is 1.82. The van der Waals surface area contributed by atoms with Crippen LogP contribution in [0.1, 0.15) is 24.6 Å². The van der Waals surface area contributed by atoms with Gasteiger partial charge >= 0.3 is 0 Å². The molecule has 0 saturated carbocycles. The molecule has 1 N–H and O–H groups in total. The molecule has 1 aromatic heterocycles. The molecule has 3 rings (SSSR count). The van der Waals surface area contributed by atoms with E-state index in [1.165, 1.54) is 12.1 Å². The van der Waals surface area contributed by atoms with Gasteiger partial charge in [-0.25, -0.2) is 14.4 Å². The van der Waals surface area contributed by atoms with Crippen molar-refractivity contribution in [3.63, 3.8) is 0 Å². The van der Waals surface area contributed by atoms with Gasteiger partial charge in [-0.3, -0.25) is 0 Å². The van der Waals surface area contributed by atoms with Crippen LogP contribution in [-0.2, 0) is 0 Å². The van der Waals surface area contributed by atoms with Crippen LogP contribution in [0.5, 0.6) is 0 Å². The van der Waals surface area contributed by atoms with E-state index in [4.69, 9.17) is 0 Å². The summed E-state index contributed by atoms with van der Waals surface area (Å²) in [6.07, 6.45) is 5.75. The molecule has 0 amide bonds. The zero-order chi connectivity index (χ0) is 13.1. The Kier molecular flexibility index (Phi) is 3.51. The summed E-state index contributed by atoms with van der Waals surface area (Å²) in [5.74, 6) is 1.12. The first-order valence-electron chi connectivity index (χ1n) is 6.61. The highest BCUT2D eigenvalue weighted by Gasteiger charge is 2.17. The van der Waals surface area contributed by atoms with E-state index in [-0.39, 0.29) is 5.82 Å². The summed E-state index contributed by atoms with van der Waals surface area (Å²) in [5.41, 5.74) is 1.68. The summed E-state index contributed by atoms with van der Waals surface area (Å²) in [7, 11) is 0. The predicted octanol–water partition coefficient (Wildman–Crippen LogP) is 2.75. The van der Waals surface area contributed by atoms with Crippen LogP contribution < -0.4 is 5.32 Å². The maximum absolute atomic E-state index is 13.2. The smallest absolute Gasteiger partial charge is 0.131 e. The van der Waals surface area contributed by atoms with Crippen LogP contribution in [0.4, 0.5) is 4.39 Å². The van der Waals surface area contributed by atoms with Crippen molar-refractivity contribution in [3.05, 3.63) is 48.3 Å². The number of aromatic nitrogens is 2. The fourth-order valence-corrected chi connectivity index (χ4v) is 2.45. The van der Waals surface area contributed by atoms with Crippen LogP contribution in [0.2, 0.25) is 0 Å². The van der Waals surface area contributed by atoms with Crippen molar-refractivity contribution in [3.8, 4) is 11.1 Å². The molecule has 0 bridgehead atoms. The van der Waals surface area contributed by atoms with Crippen LogP contribution in [-0.4, -0.2) is 23.1 Å². The largest absolute Gasteiger partial charge is 0.317 e. The zero-order valence-electron chi connectivity index (χ0n) is 10.6. The lowest BCUT2D eigenvalue weighted by atomic mass is 9.97. The molecule has 1 aromatic carbocycles. The maximum atomic E-state index is 13.2. The minimum atomic E-state index is -0.236. The summed E-state index contributed by atoms with van der Waals surface area (Å²) in [5, 5.41) is 3.33. The molecule has 98 valence electrons. The number of benzene rings is 1. The van der Waals surface area contributed by atoms with Gasteiger partial charge in [0.1, 0.15) is 11.6 Å². The molecule has 0 spiro atoms. The van der Waals surface area contributed by atoms with Gasteiger partial charge in [0.25, 0.3) is 0 Å². The van der Waals surface area contributed by atoms with Crippen molar-refractivity contribution >= 4 is 0 Å². The lowest BCUT2D eigenvalue weighted by Gasteiger charge is -2.21. The van der Waals surface area contributed by atoms with Crippen LogP contribution in [0.25, 0.3) is 11.1 Å². The summed E-state index contributed by atoms with van der Waals surface area (Å²) in [4.78, 5) is 8.89. The molecule has 1 fully saturated rings. The number of nitrogens with zero attached hydrogens (tertiary/aromatic N) is 2. The quantitative estimate of drug-likeness (QED) is 0.899. The van der Waals surface area contributed by atoms with E-state index in [1.54, 1.807) is 18.5 Å². The van der Waals surface area contributed by atoms with Gasteiger partial charge in [0.2, 0.25) is 0 Å². The van der Waals surface area contributed by atoms with Crippen molar-refractivity contribution in [2.24, 2.45) is 0 Å². The Morgan fingerprint density at radius 1 is 1.05 bits per heavy atom. The minimum absolute atomic E-state index is 0.236. The second kappa shape index (κ2) is 5.45. The number of nitrogens with one attached hydrogen (secondary N) is 1. The molecular formula is C15H16FN3. The summed E-state index contributed by atoms with van der Waals surface area (Å²) in [6.45, 7) is 2.05. The molecule has 2 aromatic rings. The number of rotatable bonds is 2. The number of piperidine rings is 1. The molecule has 0 atom stereocenters. The van der Waals surface area contributed by atoms with Gasteiger partial charge < -0.3 is 5.32 Å². The average Bonchev–Trinajstić information content (AvgIpc) is 2.48. The molecule has 4 heteroatoms. The number of hydrogen-bond donors (Lipinski definition) is 1. The summed E-state index contributed by atoms with van der Waals surface area (Å²) in [6, 6.07) is 6.51. The van der Waals surface area contributed by atoms with Crippen LogP contribution in [0.15, 0.2) is 36.7 Å². The lowest BCUT2D eigenvalue weighted by Crippen LogP contribution is -2.27. The summed E-state index contributed by atoms with van der Waals surface area (Å²) < 4.78 is 13.2. The van der Waals surface area contributed by atoms with Gasteiger partial charge in [-0.15, -0.1) is 0 Å². The third-order valence-corrected chi connectivity index (χ3v) is 3.53. The fraction of sp³-hybridized carbons (Fsp3) is 0.333.